The van der Waals surface area contributed by atoms with Crippen LogP contribution in [0.1, 0.15) is 26.7 Å². The number of benzene rings is 1. The largest absolute Gasteiger partial charge is 0.382 e. The average molecular weight is 268 g/mol. The van der Waals surface area contributed by atoms with Crippen LogP contribution in [0.2, 0.25) is 0 Å². The second-order valence-corrected chi connectivity index (χ2v) is 6.45. The van der Waals surface area contributed by atoms with Gasteiger partial charge in [0, 0.05) is 18.3 Å². The Kier molecular flexibility index (Phi) is 3.92. The highest BCUT2D eigenvalue weighted by Gasteiger charge is 2.34. The predicted molar refractivity (Wildman–Crippen MR) is 73.1 cm³/mol. The van der Waals surface area contributed by atoms with Crippen LogP contribution in [0.15, 0.2) is 29.2 Å². The summed E-state index contributed by atoms with van der Waals surface area (Å²) in [6, 6.07) is 7.50. The van der Waals surface area contributed by atoms with E-state index in [1.807, 2.05) is 12.1 Å². The highest BCUT2D eigenvalue weighted by molar-refractivity contribution is 7.89. The summed E-state index contributed by atoms with van der Waals surface area (Å²) in [5.74, 6) is 0.773. The first-order valence-corrected chi connectivity index (χ1v) is 7.91. The number of rotatable bonds is 6. The van der Waals surface area contributed by atoms with Gasteiger partial charge in [0.25, 0.3) is 0 Å². The molecule has 0 spiro atoms. The molecule has 100 valence electrons. The van der Waals surface area contributed by atoms with E-state index in [9.17, 15) is 8.42 Å². The van der Waals surface area contributed by atoms with Crippen LogP contribution in [0, 0.1) is 5.92 Å². The second kappa shape index (κ2) is 5.28. The van der Waals surface area contributed by atoms with Crippen molar-refractivity contribution in [3.8, 4) is 0 Å². The van der Waals surface area contributed by atoms with Gasteiger partial charge in [-0.2, -0.15) is 0 Å². The van der Waals surface area contributed by atoms with Crippen molar-refractivity contribution in [1.82, 2.24) is 4.72 Å². The van der Waals surface area contributed by atoms with E-state index in [1.54, 1.807) is 19.1 Å². The molecule has 5 heteroatoms. The Balaban J connectivity index is 2.02. The summed E-state index contributed by atoms with van der Waals surface area (Å²) in [6.45, 7) is 4.37. The van der Waals surface area contributed by atoms with Gasteiger partial charge < -0.3 is 5.32 Å². The Bertz CT molecular complexity index is 496. The van der Waals surface area contributed by atoms with Gasteiger partial charge in [0.05, 0.1) is 4.90 Å². The van der Waals surface area contributed by atoms with Crippen molar-refractivity contribution in [3.63, 3.8) is 0 Å². The molecule has 1 fully saturated rings. The van der Waals surface area contributed by atoms with Crippen LogP contribution in [0.25, 0.3) is 0 Å². The van der Waals surface area contributed by atoms with Gasteiger partial charge in [-0.25, -0.2) is 13.1 Å². The van der Waals surface area contributed by atoms with Crippen molar-refractivity contribution >= 4 is 15.7 Å². The van der Waals surface area contributed by atoms with Crippen LogP contribution in [0.4, 0.5) is 5.69 Å². The van der Waals surface area contributed by atoms with E-state index in [-0.39, 0.29) is 0 Å². The summed E-state index contributed by atoms with van der Waals surface area (Å²) >= 11 is 0. The molecule has 1 aromatic rings. The van der Waals surface area contributed by atoms with Gasteiger partial charge >= 0.3 is 0 Å². The standard InChI is InChI=1S/C13H20N2O2S/c1-3-10-9-13(10)15-11-5-7-12(8-6-11)18(16,17)14-4-2/h5-8,10,13-15H,3-4,9H2,1-2H3. The molecule has 1 aliphatic rings. The molecule has 4 nitrogen and oxygen atoms in total. The van der Waals surface area contributed by atoms with Crippen molar-refractivity contribution < 1.29 is 8.42 Å². The molecule has 1 saturated carbocycles. The van der Waals surface area contributed by atoms with Crippen LogP contribution >= 0.6 is 0 Å². The van der Waals surface area contributed by atoms with Crippen LogP contribution in [0.5, 0.6) is 0 Å². The Hall–Kier alpha value is -1.07. The fourth-order valence-electron chi connectivity index (χ4n) is 2.09. The van der Waals surface area contributed by atoms with Crippen molar-refractivity contribution in [2.45, 2.75) is 37.6 Å². The molecule has 0 amide bonds. The van der Waals surface area contributed by atoms with Gasteiger partial charge in [0.1, 0.15) is 0 Å². The Morgan fingerprint density at radius 1 is 1.22 bits per heavy atom. The lowest BCUT2D eigenvalue weighted by Gasteiger charge is -2.08. The lowest BCUT2D eigenvalue weighted by molar-refractivity contribution is 0.584. The maximum absolute atomic E-state index is 11.7. The fraction of sp³-hybridized carbons (Fsp3) is 0.538. The van der Waals surface area contributed by atoms with Crippen molar-refractivity contribution in [2.24, 2.45) is 5.92 Å². The maximum Gasteiger partial charge on any atom is 0.240 e. The molecule has 2 atom stereocenters. The highest BCUT2D eigenvalue weighted by atomic mass is 32.2. The van der Waals surface area contributed by atoms with Crippen LogP contribution in [-0.4, -0.2) is 21.0 Å². The van der Waals surface area contributed by atoms with E-state index in [0.29, 0.717) is 17.5 Å². The van der Waals surface area contributed by atoms with E-state index < -0.39 is 10.0 Å². The maximum atomic E-state index is 11.7. The van der Waals surface area contributed by atoms with Gasteiger partial charge in [0.15, 0.2) is 0 Å². The molecule has 0 aromatic heterocycles. The molecule has 2 rings (SSSR count). The fourth-order valence-corrected chi connectivity index (χ4v) is 3.13. The van der Waals surface area contributed by atoms with E-state index >= 15 is 0 Å². The first kappa shape index (κ1) is 13.4. The molecule has 0 bridgehead atoms. The molecule has 1 aliphatic carbocycles. The van der Waals surface area contributed by atoms with E-state index in [4.69, 9.17) is 0 Å². The van der Waals surface area contributed by atoms with Gasteiger partial charge in [-0.15, -0.1) is 0 Å². The normalized spacial score (nSPS) is 22.8. The molecule has 2 unspecified atom stereocenters. The molecular weight excluding hydrogens is 248 g/mol. The summed E-state index contributed by atoms with van der Waals surface area (Å²) in [5, 5.41) is 3.41. The molecule has 2 N–H and O–H groups in total. The molecule has 0 saturated heterocycles. The first-order valence-electron chi connectivity index (χ1n) is 6.43. The van der Waals surface area contributed by atoms with Gasteiger partial charge in [-0.3, -0.25) is 0 Å². The monoisotopic (exact) mass is 268 g/mol. The predicted octanol–water partition coefficient (Wildman–Crippen LogP) is 2.20. The summed E-state index contributed by atoms with van der Waals surface area (Å²) in [6.07, 6.45) is 2.42. The smallest absolute Gasteiger partial charge is 0.240 e. The average Bonchev–Trinajstić information content (AvgIpc) is 3.08. The quantitative estimate of drug-likeness (QED) is 0.831. The summed E-state index contributed by atoms with van der Waals surface area (Å²) < 4.78 is 26.0. The third-order valence-electron chi connectivity index (χ3n) is 3.30. The summed E-state index contributed by atoms with van der Waals surface area (Å²) in [4.78, 5) is 0.317. The third kappa shape index (κ3) is 3.03. The van der Waals surface area contributed by atoms with Crippen molar-refractivity contribution in [3.05, 3.63) is 24.3 Å². The van der Waals surface area contributed by atoms with Crippen LogP contribution < -0.4 is 10.0 Å². The molecular formula is C13H20N2O2S. The summed E-state index contributed by atoms with van der Waals surface area (Å²) in [7, 11) is -3.33. The Morgan fingerprint density at radius 3 is 2.39 bits per heavy atom. The number of anilines is 1. The van der Waals surface area contributed by atoms with Crippen LogP contribution in [0.3, 0.4) is 0 Å². The molecule has 0 radical (unpaired) electrons. The Morgan fingerprint density at radius 2 is 1.89 bits per heavy atom. The number of hydrogen-bond donors (Lipinski definition) is 2. The van der Waals surface area contributed by atoms with Crippen LogP contribution in [-0.2, 0) is 10.0 Å². The molecule has 1 aromatic carbocycles. The third-order valence-corrected chi connectivity index (χ3v) is 4.86. The van der Waals surface area contributed by atoms with Crippen molar-refractivity contribution in [2.75, 3.05) is 11.9 Å². The van der Waals surface area contributed by atoms with E-state index in [1.165, 1.54) is 12.8 Å². The van der Waals surface area contributed by atoms with E-state index in [2.05, 4.69) is 17.0 Å². The lowest BCUT2D eigenvalue weighted by atomic mass is 10.3. The molecule has 0 aliphatic heterocycles. The molecule has 0 heterocycles. The van der Waals surface area contributed by atoms with Gasteiger partial charge in [-0.1, -0.05) is 20.3 Å². The summed E-state index contributed by atoms with van der Waals surface area (Å²) in [5.41, 5.74) is 0.992. The zero-order valence-corrected chi connectivity index (χ0v) is 11.6. The van der Waals surface area contributed by atoms with Gasteiger partial charge in [-0.05, 0) is 36.6 Å². The number of hydrogen-bond acceptors (Lipinski definition) is 3. The molecule has 18 heavy (non-hydrogen) atoms. The SMILES string of the molecule is CCNS(=O)(=O)c1ccc(NC2CC2CC)cc1. The Labute approximate surface area is 109 Å². The van der Waals surface area contributed by atoms with E-state index in [0.717, 1.165) is 11.6 Å². The van der Waals surface area contributed by atoms with Crippen molar-refractivity contribution in [1.29, 1.82) is 0 Å². The van der Waals surface area contributed by atoms with Gasteiger partial charge in [0.2, 0.25) is 10.0 Å². The lowest BCUT2D eigenvalue weighted by Crippen LogP contribution is -2.23. The first-order chi connectivity index (χ1) is 8.56. The topological polar surface area (TPSA) is 58.2 Å². The number of nitrogens with one attached hydrogen (secondary N) is 2. The number of sulfonamides is 1. The zero-order valence-electron chi connectivity index (χ0n) is 10.8. The minimum atomic E-state index is -3.33. The zero-order chi connectivity index (χ0) is 13.2. The second-order valence-electron chi connectivity index (χ2n) is 4.68. The minimum absolute atomic E-state index is 0.317. The minimum Gasteiger partial charge on any atom is -0.382 e. The highest BCUT2D eigenvalue weighted by Crippen LogP contribution is 2.36.